The summed E-state index contributed by atoms with van der Waals surface area (Å²) in [5.41, 5.74) is 8.42. The lowest BCUT2D eigenvalue weighted by Crippen LogP contribution is -2.13. The maximum atomic E-state index is 6.25. The molecule has 0 aliphatic heterocycles. The van der Waals surface area contributed by atoms with Gasteiger partial charge in [0.15, 0.2) is 11.5 Å². The summed E-state index contributed by atoms with van der Waals surface area (Å²) in [5.74, 6) is 1.50. The Kier molecular flexibility index (Phi) is 4.42. The first-order chi connectivity index (χ1) is 9.26. The van der Waals surface area contributed by atoms with Crippen LogP contribution < -0.4 is 15.2 Å². The van der Waals surface area contributed by atoms with Crippen LogP contribution in [0.2, 0.25) is 0 Å². The van der Waals surface area contributed by atoms with E-state index in [0.29, 0.717) is 6.42 Å². The fourth-order valence-corrected chi connectivity index (χ4v) is 2.17. The van der Waals surface area contributed by atoms with Crippen LogP contribution in [0.25, 0.3) is 0 Å². The lowest BCUT2D eigenvalue weighted by atomic mass is 9.99. The summed E-state index contributed by atoms with van der Waals surface area (Å²) in [5, 5.41) is 0. The van der Waals surface area contributed by atoms with Gasteiger partial charge in [0.25, 0.3) is 0 Å². The molecule has 0 aliphatic rings. The molecule has 0 bridgehead atoms. The third-order valence-electron chi connectivity index (χ3n) is 3.15. The first-order valence-corrected chi connectivity index (χ1v) is 6.26. The Morgan fingerprint density at radius 1 is 0.947 bits per heavy atom. The minimum Gasteiger partial charge on any atom is -0.493 e. The molecule has 1 atom stereocenters. The van der Waals surface area contributed by atoms with Crippen LogP contribution in [0.1, 0.15) is 17.2 Å². The number of nitrogens with two attached hydrogens (primary N) is 1. The summed E-state index contributed by atoms with van der Waals surface area (Å²) in [7, 11) is 3.29. The summed E-state index contributed by atoms with van der Waals surface area (Å²) < 4.78 is 10.7. The monoisotopic (exact) mass is 257 g/mol. The minimum atomic E-state index is -0.0535. The predicted molar refractivity (Wildman–Crippen MR) is 76.6 cm³/mol. The average molecular weight is 257 g/mol. The Morgan fingerprint density at radius 3 is 2.32 bits per heavy atom. The van der Waals surface area contributed by atoms with E-state index in [2.05, 4.69) is 0 Å². The molecule has 0 fully saturated rings. The first-order valence-electron chi connectivity index (χ1n) is 6.26. The molecule has 0 radical (unpaired) electrons. The second-order valence-electron chi connectivity index (χ2n) is 4.37. The van der Waals surface area contributed by atoms with Gasteiger partial charge in [-0.2, -0.15) is 0 Å². The number of para-hydroxylation sites is 1. The lowest BCUT2D eigenvalue weighted by molar-refractivity contribution is 0.351. The van der Waals surface area contributed by atoms with Crippen LogP contribution in [0, 0.1) is 0 Å². The largest absolute Gasteiger partial charge is 0.493 e. The minimum absolute atomic E-state index is 0.0535. The van der Waals surface area contributed by atoms with Crippen molar-refractivity contribution >= 4 is 0 Å². The van der Waals surface area contributed by atoms with Gasteiger partial charge >= 0.3 is 0 Å². The fourth-order valence-electron chi connectivity index (χ4n) is 2.17. The van der Waals surface area contributed by atoms with Gasteiger partial charge in [-0.3, -0.25) is 0 Å². The summed E-state index contributed by atoms with van der Waals surface area (Å²) in [6, 6.07) is 15.9. The van der Waals surface area contributed by atoms with Gasteiger partial charge in [0, 0.05) is 6.04 Å². The maximum absolute atomic E-state index is 6.25. The molecule has 0 aromatic heterocycles. The highest BCUT2D eigenvalue weighted by molar-refractivity contribution is 5.47. The molecule has 0 aliphatic carbocycles. The van der Waals surface area contributed by atoms with Gasteiger partial charge in [-0.1, -0.05) is 42.5 Å². The highest BCUT2D eigenvalue weighted by Crippen LogP contribution is 2.32. The van der Waals surface area contributed by atoms with Crippen molar-refractivity contribution < 1.29 is 9.47 Å². The van der Waals surface area contributed by atoms with Crippen molar-refractivity contribution in [1.29, 1.82) is 0 Å². The molecule has 2 rings (SSSR count). The van der Waals surface area contributed by atoms with Crippen molar-refractivity contribution in [2.75, 3.05) is 14.2 Å². The zero-order valence-electron chi connectivity index (χ0n) is 11.3. The molecule has 19 heavy (non-hydrogen) atoms. The van der Waals surface area contributed by atoms with Crippen molar-refractivity contribution in [2.45, 2.75) is 12.5 Å². The Morgan fingerprint density at radius 2 is 1.68 bits per heavy atom. The smallest absolute Gasteiger partial charge is 0.163 e. The van der Waals surface area contributed by atoms with E-state index in [1.54, 1.807) is 14.2 Å². The third kappa shape index (κ3) is 3.06. The Hall–Kier alpha value is -2.00. The summed E-state index contributed by atoms with van der Waals surface area (Å²) >= 11 is 0. The number of benzene rings is 2. The molecule has 2 aromatic rings. The Balaban J connectivity index is 2.24. The van der Waals surface area contributed by atoms with Gasteiger partial charge in [0.2, 0.25) is 0 Å². The topological polar surface area (TPSA) is 44.5 Å². The molecule has 2 aromatic carbocycles. The van der Waals surface area contributed by atoms with Gasteiger partial charge in [-0.05, 0) is 23.6 Å². The second-order valence-corrected chi connectivity index (χ2v) is 4.37. The molecular weight excluding hydrogens is 238 g/mol. The Labute approximate surface area is 114 Å². The van der Waals surface area contributed by atoms with Crippen LogP contribution in [-0.4, -0.2) is 14.2 Å². The van der Waals surface area contributed by atoms with Crippen molar-refractivity contribution in [3.8, 4) is 11.5 Å². The van der Waals surface area contributed by atoms with Crippen LogP contribution in [-0.2, 0) is 6.42 Å². The highest BCUT2D eigenvalue weighted by Gasteiger charge is 2.13. The molecule has 1 unspecified atom stereocenters. The summed E-state index contributed by atoms with van der Waals surface area (Å²) in [4.78, 5) is 0. The molecule has 3 heteroatoms. The van der Waals surface area contributed by atoms with E-state index < -0.39 is 0 Å². The normalized spacial score (nSPS) is 11.9. The fraction of sp³-hybridized carbons (Fsp3) is 0.250. The molecule has 2 N–H and O–H groups in total. The molecule has 0 saturated carbocycles. The van der Waals surface area contributed by atoms with E-state index in [-0.39, 0.29) is 6.04 Å². The van der Waals surface area contributed by atoms with Crippen LogP contribution in [0.15, 0.2) is 48.5 Å². The van der Waals surface area contributed by atoms with E-state index in [1.807, 2.05) is 48.5 Å². The number of hydrogen-bond acceptors (Lipinski definition) is 3. The zero-order valence-corrected chi connectivity index (χ0v) is 11.3. The van der Waals surface area contributed by atoms with E-state index in [9.17, 15) is 0 Å². The third-order valence-corrected chi connectivity index (χ3v) is 3.15. The van der Waals surface area contributed by atoms with Gasteiger partial charge in [0.1, 0.15) is 0 Å². The van der Waals surface area contributed by atoms with Gasteiger partial charge < -0.3 is 15.2 Å². The lowest BCUT2D eigenvalue weighted by Gasteiger charge is -2.16. The highest BCUT2D eigenvalue weighted by atomic mass is 16.5. The van der Waals surface area contributed by atoms with E-state index in [1.165, 1.54) is 0 Å². The SMILES string of the molecule is COc1cccc(CC(N)c2ccccc2)c1OC. The summed E-state index contributed by atoms with van der Waals surface area (Å²) in [6.45, 7) is 0. The zero-order chi connectivity index (χ0) is 13.7. The molecule has 0 amide bonds. The standard InChI is InChI=1S/C16H19NO2/c1-18-15-10-6-9-13(16(15)19-2)11-14(17)12-7-4-3-5-8-12/h3-10,14H,11,17H2,1-2H3. The second kappa shape index (κ2) is 6.25. The average Bonchev–Trinajstić information content (AvgIpc) is 2.47. The van der Waals surface area contributed by atoms with Gasteiger partial charge in [-0.25, -0.2) is 0 Å². The maximum Gasteiger partial charge on any atom is 0.163 e. The number of methoxy groups -OCH3 is 2. The van der Waals surface area contributed by atoms with Crippen molar-refractivity contribution in [3.63, 3.8) is 0 Å². The number of ether oxygens (including phenoxy) is 2. The molecule has 100 valence electrons. The van der Waals surface area contributed by atoms with Crippen molar-refractivity contribution in [1.82, 2.24) is 0 Å². The molecule has 0 saturated heterocycles. The van der Waals surface area contributed by atoms with Crippen LogP contribution >= 0.6 is 0 Å². The molecule has 0 spiro atoms. The molecule has 3 nitrogen and oxygen atoms in total. The van der Waals surface area contributed by atoms with Gasteiger partial charge in [-0.15, -0.1) is 0 Å². The van der Waals surface area contributed by atoms with Gasteiger partial charge in [0.05, 0.1) is 14.2 Å². The van der Waals surface area contributed by atoms with Crippen LogP contribution in [0.4, 0.5) is 0 Å². The van der Waals surface area contributed by atoms with Crippen LogP contribution in [0.5, 0.6) is 11.5 Å². The quantitative estimate of drug-likeness (QED) is 0.895. The van der Waals surface area contributed by atoms with Crippen molar-refractivity contribution in [2.24, 2.45) is 5.73 Å². The molecular formula is C16H19NO2. The Bertz CT molecular complexity index is 526. The molecule has 0 heterocycles. The van der Waals surface area contributed by atoms with E-state index in [4.69, 9.17) is 15.2 Å². The van der Waals surface area contributed by atoms with E-state index in [0.717, 1.165) is 22.6 Å². The first kappa shape index (κ1) is 13.4. The van der Waals surface area contributed by atoms with Crippen molar-refractivity contribution in [3.05, 3.63) is 59.7 Å². The van der Waals surface area contributed by atoms with E-state index >= 15 is 0 Å². The summed E-state index contributed by atoms with van der Waals surface area (Å²) in [6.07, 6.45) is 0.713. The predicted octanol–water partition coefficient (Wildman–Crippen LogP) is 2.95. The van der Waals surface area contributed by atoms with Crippen LogP contribution in [0.3, 0.4) is 0 Å². The number of rotatable bonds is 5. The number of hydrogen-bond donors (Lipinski definition) is 1.